The van der Waals surface area contributed by atoms with Gasteiger partial charge in [-0.05, 0) is 27.2 Å². The van der Waals surface area contributed by atoms with E-state index in [1.165, 1.54) is 13.4 Å². The average Bonchev–Trinajstić information content (AvgIpc) is 3.66. The summed E-state index contributed by atoms with van der Waals surface area (Å²) in [5.41, 5.74) is 0.765. The highest BCUT2D eigenvalue weighted by Gasteiger charge is 2.36. The van der Waals surface area contributed by atoms with Crippen molar-refractivity contribution in [3.63, 3.8) is 0 Å². The Morgan fingerprint density at radius 2 is 2.05 bits per heavy atom. The van der Waals surface area contributed by atoms with Gasteiger partial charge in [0.2, 0.25) is 0 Å². The first-order chi connectivity index (χ1) is 19.1. The molecule has 3 aromatic heterocycles. The van der Waals surface area contributed by atoms with Crippen molar-refractivity contribution in [2.24, 2.45) is 0 Å². The molecule has 0 saturated carbocycles. The molecule has 16 heteroatoms. The molecule has 3 aromatic rings. The molecule has 0 spiro atoms. The molecule has 3 atom stereocenters. The number of halogens is 2. The van der Waals surface area contributed by atoms with E-state index in [-0.39, 0.29) is 46.0 Å². The predicted molar refractivity (Wildman–Crippen MR) is 150 cm³/mol. The maximum absolute atomic E-state index is 13.1. The van der Waals surface area contributed by atoms with E-state index in [0.717, 1.165) is 11.3 Å². The van der Waals surface area contributed by atoms with Crippen LogP contribution >= 0.6 is 34.5 Å². The van der Waals surface area contributed by atoms with Crippen LogP contribution in [-0.4, -0.2) is 88.0 Å². The number of aryl methyl sites for hydroxylation is 1. The van der Waals surface area contributed by atoms with Gasteiger partial charge >= 0.3 is 5.97 Å². The van der Waals surface area contributed by atoms with Gasteiger partial charge in [-0.3, -0.25) is 9.59 Å². The number of esters is 1. The lowest BCUT2D eigenvalue weighted by Crippen LogP contribution is -2.52. The smallest absolute Gasteiger partial charge is 0.350 e. The molecule has 216 valence electrons. The Labute approximate surface area is 244 Å². The minimum absolute atomic E-state index is 0.0113. The van der Waals surface area contributed by atoms with Crippen molar-refractivity contribution in [2.75, 3.05) is 38.3 Å². The maximum atomic E-state index is 13.1. The summed E-state index contributed by atoms with van der Waals surface area (Å²) in [5, 5.41) is 11.1. The summed E-state index contributed by atoms with van der Waals surface area (Å²) in [6, 6.07) is -0.980. The van der Waals surface area contributed by atoms with Gasteiger partial charge in [0.05, 0.1) is 35.3 Å². The van der Waals surface area contributed by atoms with E-state index in [9.17, 15) is 14.4 Å². The van der Waals surface area contributed by atoms with E-state index in [0.29, 0.717) is 42.0 Å². The second-order valence-electron chi connectivity index (χ2n) is 9.23. The number of nitrogens with one attached hydrogen (secondary N) is 3. The van der Waals surface area contributed by atoms with Gasteiger partial charge in [0.15, 0.2) is 10.8 Å². The molecular weight excluding hydrogens is 583 g/mol. The Hall–Kier alpha value is -3.20. The normalized spacial score (nSPS) is 17.9. The fraction of sp³-hybridized carbons (Fsp3) is 0.500. The Bertz CT molecular complexity index is 1360. The first-order valence-corrected chi connectivity index (χ1v) is 14.1. The first-order valence-electron chi connectivity index (χ1n) is 12.6. The molecule has 1 saturated heterocycles. The zero-order chi connectivity index (χ0) is 29.0. The van der Waals surface area contributed by atoms with Crippen LogP contribution in [0, 0.1) is 6.92 Å². The van der Waals surface area contributed by atoms with Crippen molar-refractivity contribution in [3.05, 3.63) is 44.7 Å². The van der Waals surface area contributed by atoms with Gasteiger partial charge in [0, 0.05) is 31.9 Å². The maximum Gasteiger partial charge on any atom is 0.350 e. The number of amides is 2. The van der Waals surface area contributed by atoms with Crippen LogP contribution in [0.25, 0.3) is 0 Å². The van der Waals surface area contributed by atoms with E-state index >= 15 is 0 Å². The van der Waals surface area contributed by atoms with Crippen LogP contribution in [-0.2, 0) is 9.47 Å². The number of hydrogen-bond donors (Lipinski definition) is 3. The summed E-state index contributed by atoms with van der Waals surface area (Å²) in [6.45, 7) is 6.51. The third-order valence-electron chi connectivity index (χ3n) is 6.31. The van der Waals surface area contributed by atoms with Gasteiger partial charge in [0.1, 0.15) is 23.2 Å². The lowest BCUT2D eigenvalue weighted by Gasteiger charge is -2.38. The van der Waals surface area contributed by atoms with Crippen LogP contribution in [0.1, 0.15) is 62.7 Å². The van der Waals surface area contributed by atoms with Crippen molar-refractivity contribution in [1.82, 2.24) is 35.4 Å². The van der Waals surface area contributed by atoms with Crippen LogP contribution in [0.3, 0.4) is 0 Å². The van der Waals surface area contributed by atoms with Crippen molar-refractivity contribution < 1.29 is 23.9 Å². The number of ether oxygens (including phenoxy) is 2. The molecule has 2 amide bonds. The fourth-order valence-corrected chi connectivity index (χ4v) is 5.82. The minimum atomic E-state index is -0.623. The SMILES string of the molecule is CCOC(=O)c1sc(N2CC[C@@H](NC(=O)c3[nH]c(C)c(Cl)c3Cl)[C@@H](n3cncn3)C2)nc1C(=O)N[C@@H](C)COC. The van der Waals surface area contributed by atoms with Crippen LogP contribution < -0.4 is 15.5 Å². The van der Waals surface area contributed by atoms with Crippen molar-refractivity contribution in [3.8, 4) is 0 Å². The number of aromatic amines is 1. The number of methoxy groups -OCH3 is 1. The second kappa shape index (κ2) is 13.0. The molecule has 13 nitrogen and oxygen atoms in total. The second-order valence-corrected chi connectivity index (χ2v) is 11.0. The van der Waals surface area contributed by atoms with Crippen LogP contribution in [0.4, 0.5) is 5.13 Å². The van der Waals surface area contributed by atoms with Crippen LogP contribution in [0.15, 0.2) is 12.7 Å². The monoisotopic (exact) mass is 612 g/mol. The van der Waals surface area contributed by atoms with Crippen LogP contribution in [0.5, 0.6) is 0 Å². The number of aromatic nitrogens is 5. The Morgan fingerprint density at radius 3 is 2.67 bits per heavy atom. The Morgan fingerprint density at radius 1 is 1.27 bits per heavy atom. The average molecular weight is 614 g/mol. The van der Waals surface area contributed by atoms with E-state index in [1.54, 1.807) is 31.8 Å². The van der Waals surface area contributed by atoms with Gasteiger partial charge in [-0.25, -0.2) is 19.4 Å². The fourth-order valence-electron chi connectivity index (χ4n) is 4.42. The van der Waals surface area contributed by atoms with E-state index in [1.807, 2.05) is 4.90 Å². The molecule has 4 rings (SSSR count). The number of carbonyl (C=O) groups excluding carboxylic acids is 3. The Balaban J connectivity index is 1.58. The topological polar surface area (TPSA) is 156 Å². The molecule has 1 aliphatic heterocycles. The van der Waals surface area contributed by atoms with Crippen molar-refractivity contribution in [2.45, 2.75) is 45.3 Å². The molecule has 1 aliphatic rings. The van der Waals surface area contributed by atoms with E-state index < -0.39 is 17.8 Å². The molecule has 40 heavy (non-hydrogen) atoms. The van der Waals surface area contributed by atoms with Crippen molar-refractivity contribution >= 4 is 57.5 Å². The molecule has 0 unspecified atom stereocenters. The van der Waals surface area contributed by atoms with Gasteiger partial charge in [0.25, 0.3) is 11.8 Å². The van der Waals surface area contributed by atoms with Gasteiger partial charge in [-0.1, -0.05) is 34.5 Å². The zero-order valence-corrected chi connectivity index (χ0v) is 24.7. The molecule has 1 fully saturated rings. The lowest BCUT2D eigenvalue weighted by molar-refractivity contribution is 0.0527. The summed E-state index contributed by atoms with van der Waals surface area (Å²) in [7, 11) is 1.54. The number of nitrogens with zero attached hydrogens (tertiary/aromatic N) is 5. The number of anilines is 1. The quantitative estimate of drug-likeness (QED) is 0.293. The summed E-state index contributed by atoms with van der Waals surface area (Å²) >= 11 is 13.5. The summed E-state index contributed by atoms with van der Waals surface area (Å²) in [6.07, 6.45) is 3.48. The highest BCUT2D eigenvalue weighted by Crippen LogP contribution is 2.33. The number of thiazole rings is 1. The standard InChI is InChI=1S/C24H30Cl2N8O5S/c1-5-39-23(37)20-19(22(36)29-12(2)9-38-4)32-24(40-20)33-7-6-14(15(8-33)34-11-27-10-28-34)31-21(35)18-17(26)16(25)13(3)30-18/h10-12,14-15,30H,5-9H2,1-4H3,(H,29,36)(H,31,35)/t12-,14+,15-/m0/s1. The summed E-state index contributed by atoms with van der Waals surface area (Å²) in [4.78, 5) is 52.4. The molecule has 3 N–H and O–H groups in total. The van der Waals surface area contributed by atoms with E-state index in [2.05, 4.69) is 30.7 Å². The molecule has 0 aromatic carbocycles. The number of carbonyl (C=O) groups is 3. The number of H-pyrrole nitrogens is 1. The summed E-state index contributed by atoms with van der Waals surface area (Å²) in [5.74, 6) is -1.52. The zero-order valence-electron chi connectivity index (χ0n) is 22.4. The number of piperidine rings is 1. The number of rotatable bonds is 10. The van der Waals surface area contributed by atoms with Gasteiger partial charge in [-0.2, -0.15) is 5.10 Å². The largest absolute Gasteiger partial charge is 0.462 e. The third-order valence-corrected chi connectivity index (χ3v) is 8.36. The third kappa shape index (κ3) is 6.40. The summed E-state index contributed by atoms with van der Waals surface area (Å²) < 4.78 is 11.9. The molecular formula is C24H30Cl2N8O5S. The first kappa shape index (κ1) is 29.8. The Kier molecular flexibility index (Phi) is 9.66. The van der Waals surface area contributed by atoms with Crippen molar-refractivity contribution in [1.29, 1.82) is 0 Å². The molecule has 0 radical (unpaired) electrons. The minimum Gasteiger partial charge on any atom is -0.462 e. The molecule has 0 bridgehead atoms. The highest BCUT2D eigenvalue weighted by molar-refractivity contribution is 7.17. The van der Waals surface area contributed by atoms with E-state index in [4.69, 9.17) is 32.7 Å². The predicted octanol–water partition coefficient (Wildman–Crippen LogP) is 2.87. The molecule has 4 heterocycles. The van der Waals surface area contributed by atoms with Crippen LogP contribution in [0.2, 0.25) is 10.0 Å². The van der Waals surface area contributed by atoms with Gasteiger partial charge < -0.3 is 30.0 Å². The molecule has 0 aliphatic carbocycles. The number of hydrogen-bond acceptors (Lipinski definition) is 10. The highest BCUT2D eigenvalue weighted by atomic mass is 35.5. The lowest BCUT2D eigenvalue weighted by atomic mass is 9.99. The van der Waals surface area contributed by atoms with Gasteiger partial charge in [-0.15, -0.1) is 0 Å².